The molecule has 6 nitrogen and oxygen atoms in total. The van der Waals surface area contributed by atoms with Crippen molar-refractivity contribution in [1.82, 2.24) is 0 Å². The molecule has 0 saturated heterocycles. The molecule has 0 unspecified atom stereocenters. The number of alkyl halides is 3. The lowest BCUT2D eigenvalue weighted by molar-refractivity contribution is -0.279. The van der Waals surface area contributed by atoms with Crippen molar-refractivity contribution in [3.8, 4) is 0 Å². The maximum atomic E-state index is 14.2. The Balaban J connectivity index is 1.90. The molecule has 0 fully saturated rings. The van der Waals surface area contributed by atoms with Crippen molar-refractivity contribution in [3.63, 3.8) is 0 Å². The van der Waals surface area contributed by atoms with Gasteiger partial charge in [-0.1, -0.05) is 48.6 Å². The maximum absolute atomic E-state index is 14.2. The third-order valence-electron chi connectivity index (χ3n) is 5.61. The number of fused-ring (bicyclic) bond motifs is 2. The zero-order valence-electron chi connectivity index (χ0n) is 18.4. The Hall–Kier alpha value is -2.65. The Morgan fingerprint density at radius 2 is 1.85 bits per heavy atom. The molecule has 2 heterocycles. The number of cyclic esters (lactones) is 1. The van der Waals surface area contributed by atoms with Crippen molar-refractivity contribution in [2.75, 3.05) is 7.11 Å². The Labute approximate surface area is 190 Å². The number of methoxy groups -OCH3 is 1. The standard InChI is InChI=1S/C24H27F3O6/c1-16-9-5-3-8-12-18-13-14-19(20(32-18)15-21(28)31-16)33-22(29)23(30-2,24(25,26)27)17-10-6-4-7-11-17/h4,6-8,10-14,16,18-20H,3,5,9,15H2,1-2H3/b12-8-/t16-,18-,19-,20-,23-/m0/s1. The zero-order chi connectivity index (χ0) is 24.1. The van der Waals surface area contributed by atoms with Crippen molar-refractivity contribution in [1.29, 1.82) is 0 Å². The minimum absolute atomic E-state index is 0.283. The van der Waals surface area contributed by atoms with E-state index in [-0.39, 0.29) is 12.5 Å². The number of ether oxygens (including phenoxy) is 4. The SMILES string of the molecule is CO[C@](C(=O)O[C@H]1C=C[C@@H]2/C=C\CCC[C@H](C)OC(=O)C[C@@H]1O2)(c1ccccc1)C(F)(F)F. The maximum Gasteiger partial charge on any atom is 0.432 e. The van der Waals surface area contributed by atoms with Gasteiger partial charge in [-0.05, 0) is 32.3 Å². The van der Waals surface area contributed by atoms with Crippen molar-refractivity contribution in [3.05, 3.63) is 60.2 Å². The predicted octanol–water partition coefficient (Wildman–Crippen LogP) is 4.39. The zero-order valence-corrected chi connectivity index (χ0v) is 18.4. The molecular formula is C24H27F3O6. The summed E-state index contributed by atoms with van der Waals surface area (Å²) in [5.74, 6) is -2.23. The van der Waals surface area contributed by atoms with Gasteiger partial charge in [-0.3, -0.25) is 4.79 Å². The molecule has 0 amide bonds. The van der Waals surface area contributed by atoms with Gasteiger partial charge in [-0.15, -0.1) is 0 Å². The van der Waals surface area contributed by atoms with Crippen LogP contribution in [0.4, 0.5) is 13.2 Å². The third kappa shape index (κ3) is 5.65. The van der Waals surface area contributed by atoms with E-state index in [2.05, 4.69) is 0 Å². The van der Waals surface area contributed by atoms with E-state index in [0.717, 1.165) is 32.1 Å². The predicted molar refractivity (Wildman–Crippen MR) is 112 cm³/mol. The molecule has 0 spiro atoms. The number of rotatable bonds is 4. The average Bonchev–Trinajstić information content (AvgIpc) is 2.75. The fraction of sp³-hybridized carbons (Fsp3) is 0.500. The van der Waals surface area contributed by atoms with E-state index in [9.17, 15) is 22.8 Å². The third-order valence-corrected chi connectivity index (χ3v) is 5.61. The van der Waals surface area contributed by atoms with Crippen molar-refractivity contribution in [2.24, 2.45) is 0 Å². The monoisotopic (exact) mass is 468 g/mol. The molecule has 1 aromatic rings. The van der Waals surface area contributed by atoms with E-state index in [4.69, 9.17) is 18.9 Å². The van der Waals surface area contributed by atoms with Gasteiger partial charge in [0.1, 0.15) is 12.2 Å². The van der Waals surface area contributed by atoms with E-state index in [0.29, 0.717) is 6.42 Å². The van der Waals surface area contributed by atoms with Crippen LogP contribution in [0.25, 0.3) is 0 Å². The number of allylic oxidation sites excluding steroid dienone is 1. The van der Waals surface area contributed by atoms with Gasteiger partial charge in [0.15, 0.2) is 0 Å². The van der Waals surface area contributed by atoms with Crippen LogP contribution in [0.3, 0.4) is 0 Å². The van der Waals surface area contributed by atoms with E-state index in [1.165, 1.54) is 24.3 Å². The smallest absolute Gasteiger partial charge is 0.432 e. The fourth-order valence-corrected chi connectivity index (χ4v) is 3.90. The normalized spacial score (nSPS) is 29.1. The first kappa shape index (κ1) is 25.0. The number of esters is 2. The molecule has 0 N–H and O–H groups in total. The molecule has 0 aromatic heterocycles. The highest BCUT2D eigenvalue weighted by molar-refractivity contribution is 5.83. The van der Waals surface area contributed by atoms with Crippen LogP contribution in [0.2, 0.25) is 0 Å². The van der Waals surface area contributed by atoms with Crippen LogP contribution in [0, 0.1) is 0 Å². The number of hydrogen-bond donors (Lipinski definition) is 0. The molecule has 2 bridgehead atoms. The minimum Gasteiger partial charge on any atom is -0.463 e. The average molecular weight is 468 g/mol. The first-order valence-electron chi connectivity index (χ1n) is 10.8. The molecule has 0 radical (unpaired) electrons. The number of carbonyl (C=O) groups is 2. The molecule has 2 aliphatic rings. The lowest BCUT2D eigenvalue weighted by Crippen LogP contribution is -2.53. The number of halogens is 3. The molecule has 33 heavy (non-hydrogen) atoms. The second kappa shape index (κ2) is 10.5. The fourth-order valence-electron chi connectivity index (χ4n) is 3.90. The van der Waals surface area contributed by atoms with E-state index in [1.807, 2.05) is 6.08 Å². The van der Waals surface area contributed by atoms with E-state index in [1.54, 1.807) is 19.1 Å². The van der Waals surface area contributed by atoms with Gasteiger partial charge in [0.05, 0.1) is 18.6 Å². The first-order valence-corrected chi connectivity index (χ1v) is 10.8. The number of carbonyl (C=O) groups excluding carboxylic acids is 2. The lowest BCUT2D eigenvalue weighted by atomic mass is 9.92. The van der Waals surface area contributed by atoms with Gasteiger partial charge >= 0.3 is 18.1 Å². The summed E-state index contributed by atoms with van der Waals surface area (Å²) in [5, 5.41) is 0. The van der Waals surface area contributed by atoms with Gasteiger partial charge in [-0.2, -0.15) is 13.2 Å². The molecular weight excluding hydrogens is 441 g/mol. The summed E-state index contributed by atoms with van der Waals surface area (Å²) in [4.78, 5) is 25.4. The molecule has 2 aliphatic heterocycles. The second-order valence-corrected chi connectivity index (χ2v) is 8.01. The van der Waals surface area contributed by atoms with Gasteiger partial charge in [0.25, 0.3) is 5.60 Å². The minimum atomic E-state index is -5.11. The summed E-state index contributed by atoms with van der Waals surface area (Å²) in [6.45, 7) is 1.77. The van der Waals surface area contributed by atoms with Crippen molar-refractivity contribution >= 4 is 11.9 Å². The number of hydrogen-bond acceptors (Lipinski definition) is 6. The second-order valence-electron chi connectivity index (χ2n) is 8.01. The molecule has 0 saturated carbocycles. The molecule has 9 heteroatoms. The quantitative estimate of drug-likeness (QED) is 0.482. The van der Waals surface area contributed by atoms with Crippen molar-refractivity contribution < 1.29 is 41.7 Å². The van der Waals surface area contributed by atoms with Crippen LogP contribution < -0.4 is 0 Å². The summed E-state index contributed by atoms with van der Waals surface area (Å²) in [6.07, 6.45) is 0.560. The van der Waals surface area contributed by atoms with Gasteiger partial charge < -0.3 is 18.9 Å². The van der Waals surface area contributed by atoms with Crippen LogP contribution in [0.1, 0.15) is 38.2 Å². The molecule has 1 aromatic carbocycles. The highest BCUT2D eigenvalue weighted by Crippen LogP contribution is 2.43. The molecule has 3 rings (SSSR count). The highest BCUT2D eigenvalue weighted by atomic mass is 19.4. The molecule has 180 valence electrons. The summed E-state index contributed by atoms with van der Waals surface area (Å²) < 4.78 is 63.8. The van der Waals surface area contributed by atoms with E-state index < -0.39 is 47.6 Å². The molecule has 5 atom stereocenters. The first-order chi connectivity index (χ1) is 15.7. The van der Waals surface area contributed by atoms with Crippen LogP contribution in [0.5, 0.6) is 0 Å². The summed E-state index contributed by atoms with van der Waals surface area (Å²) in [6, 6.07) is 6.54. The topological polar surface area (TPSA) is 71.1 Å². The lowest BCUT2D eigenvalue weighted by Gasteiger charge is -2.36. The Morgan fingerprint density at radius 3 is 2.52 bits per heavy atom. The van der Waals surface area contributed by atoms with Gasteiger partial charge in [0.2, 0.25) is 0 Å². The van der Waals surface area contributed by atoms with Crippen LogP contribution >= 0.6 is 0 Å². The largest absolute Gasteiger partial charge is 0.463 e. The number of benzene rings is 1. The summed E-state index contributed by atoms with van der Waals surface area (Å²) in [7, 11) is 0.796. The van der Waals surface area contributed by atoms with Crippen LogP contribution in [-0.2, 0) is 34.1 Å². The summed E-state index contributed by atoms with van der Waals surface area (Å²) in [5.41, 5.74) is -3.75. The van der Waals surface area contributed by atoms with Crippen LogP contribution in [-0.4, -0.2) is 49.6 Å². The van der Waals surface area contributed by atoms with Crippen LogP contribution in [0.15, 0.2) is 54.6 Å². The van der Waals surface area contributed by atoms with E-state index >= 15 is 0 Å². The Kier molecular flexibility index (Phi) is 7.97. The summed E-state index contributed by atoms with van der Waals surface area (Å²) >= 11 is 0. The van der Waals surface area contributed by atoms with Crippen molar-refractivity contribution in [2.45, 2.75) is 68.8 Å². The highest BCUT2D eigenvalue weighted by Gasteiger charge is 2.64. The van der Waals surface area contributed by atoms with Gasteiger partial charge in [0, 0.05) is 12.7 Å². The van der Waals surface area contributed by atoms with Gasteiger partial charge in [-0.25, -0.2) is 4.79 Å². The Morgan fingerprint density at radius 1 is 1.12 bits per heavy atom. The Bertz CT molecular complexity index is 882. The molecule has 0 aliphatic carbocycles.